The van der Waals surface area contributed by atoms with E-state index in [-0.39, 0.29) is 17.8 Å². The van der Waals surface area contributed by atoms with Gasteiger partial charge in [-0.05, 0) is 31.9 Å². The number of carbonyl (C=O) groups excluding carboxylic acids is 1. The van der Waals surface area contributed by atoms with Gasteiger partial charge in [-0.3, -0.25) is 14.8 Å². The fraction of sp³-hybridized carbons (Fsp3) is 0.571. The molecule has 0 bridgehead atoms. The second-order valence-electron chi connectivity index (χ2n) is 5.70. The Morgan fingerprint density at radius 1 is 1.40 bits per heavy atom. The van der Waals surface area contributed by atoms with Crippen LogP contribution in [-0.2, 0) is 9.53 Å². The average Bonchev–Trinajstić information content (AvgIpc) is 2.77. The number of aromatic nitrogens is 1. The van der Waals surface area contributed by atoms with Crippen LogP contribution in [0.5, 0.6) is 0 Å². The highest BCUT2D eigenvalue weighted by Crippen LogP contribution is 2.36. The summed E-state index contributed by atoms with van der Waals surface area (Å²) in [5.41, 5.74) is -0.114. The Bertz CT molecular complexity index is 535. The van der Waals surface area contributed by atoms with E-state index in [0.717, 1.165) is 18.5 Å². The minimum absolute atomic E-state index is 0.0817. The first-order valence-corrected chi connectivity index (χ1v) is 6.82. The quantitative estimate of drug-likeness (QED) is 0.782. The largest absolute Gasteiger partial charge is 0.364 e. The second kappa shape index (κ2) is 4.79. The molecule has 6 heteroatoms. The Hall–Kier alpha value is -1.53. The number of hydrogen-bond donors (Lipinski definition) is 0. The number of pyridine rings is 1. The molecule has 0 aromatic carbocycles. The van der Waals surface area contributed by atoms with Crippen LogP contribution in [-0.4, -0.2) is 46.2 Å². The number of carbonyl (C=O) groups is 1. The number of halogens is 1. The number of amides is 1. The number of rotatable bonds is 1. The molecule has 0 saturated carbocycles. The fourth-order valence-corrected chi connectivity index (χ4v) is 2.85. The zero-order valence-electron chi connectivity index (χ0n) is 11.7. The van der Waals surface area contributed by atoms with E-state index in [9.17, 15) is 9.18 Å². The molecule has 1 unspecified atom stereocenters. The van der Waals surface area contributed by atoms with Gasteiger partial charge in [0, 0.05) is 19.3 Å². The molecule has 3 heterocycles. The van der Waals surface area contributed by atoms with E-state index in [4.69, 9.17) is 4.74 Å². The van der Waals surface area contributed by atoms with E-state index in [1.165, 1.54) is 12.3 Å². The molecule has 1 aromatic heterocycles. The second-order valence-corrected chi connectivity index (χ2v) is 5.70. The molecule has 2 aliphatic heterocycles. The fourth-order valence-electron chi connectivity index (χ4n) is 2.85. The summed E-state index contributed by atoms with van der Waals surface area (Å²) in [4.78, 5) is 16.6. The van der Waals surface area contributed by atoms with Crippen LogP contribution in [0.1, 0.15) is 31.9 Å². The summed E-state index contributed by atoms with van der Waals surface area (Å²) in [6.07, 6.45) is 3.59. The predicted octanol–water partition coefficient (Wildman–Crippen LogP) is 1.52. The van der Waals surface area contributed by atoms with Crippen LogP contribution < -0.4 is 0 Å². The summed E-state index contributed by atoms with van der Waals surface area (Å²) in [5, 5.41) is 3.72. The molecule has 0 aliphatic carbocycles. The highest BCUT2D eigenvalue weighted by Gasteiger charge is 2.45. The molecule has 1 amide bonds. The number of ether oxygens (including phenoxy) is 1. The third-order valence-corrected chi connectivity index (χ3v) is 3.91. The van der Waals surface area contributed by atoms with Gasteiger partial charge in [0.25, 0.3) is 5.91 Å². The van der Waals surface area contributed by atoms with Crippen molar-refractivity contribution in [1.29, 1.82) is 0 Å². The lowest BCUT2D eigenvalue weighted by Crippen LogP contribution is -2.49. The zero-order chi connectivity index (χ0) is 14.3. The van der Waals surface area contributed by atoms with E-state index < -0.39 is 5.60 Å². The molecule has 3 rings (SSSR count). The normalized spacial score (nSPS) is 26.4. The SMILES string of the molecule is CC1(C)OCCN2CCC(c3cncc(F)c3)N2C1=O. The van der Waals surface area contributed by atoms with E-state index in [1.54, 1.807) is 25.1 Å². The third-order valence-electron chi connectivity index (χ3n) is 3.91. The van der Waals surface area contributed by atoms with Crippen molar-refractivity contribution < 1.29 is 13.9 Å². The Morgan fingerprint density at radius 2 is 2.20 bits per heavy atom. The van der Waals surface area contributed by atoms with Gasteiger partial charge in [0.15, 0.2) is 0 Å². The minimum atomic E-state index is -0.849. The van der Waals surface area contributed by atoms with Gasteiger partial charge < -0.3 is 4.74 Å². The van der Waals surface area contributed by atoms with Crippen molar-refractivity contribution in [1.82, 2.24) is 15.0 Å². The summed E-state index contributed by atoms with van der Waals surface area (Å²) in [7, 11) is 0. The third kappa shape index (κ3) is 2.19. The van der Waals surface area contributed by atoms with Crippen LogP contribution in [0.25, 0.3) is 0 Å². The lowest BCUT2D eigenvalue weighted by molar-refractivity contribution is -0.160. The number of nitrogens with zero attached hydrogens (tertiary/aromatic N) is 3. The summed E-state index contributed by atoms with van der Waals surface area (Å²) in [6, 6.07) is 1.29. The number of hydrogen-bond acceptors (Lipinski definition) is 4. The van der Waals surface area contributed by atoms with Crippen molar-refractivity contribution in [2.24, 2.45) is 0 Å². The Balaban J connectivity index is 1.96. The molecular weight excluding hydrogens is 261 g/mol. The van der Waals surface area contributed by atoms with Crippen LogP contribution in [0.3, 0.4) is 0 Å². The van der Waals surface area contributed by atoms with Gasteiger partial charge in [-0.15, -0.1) is 0 Å². The van der Waals surface area contributed by atoms with Gasteiger partial charge in [-0.25, -0.2) is 9.40 Å². The van der Waals surface area contributed by atoms with Crippen molar-refractivity contribution in [2.45, 2.75) is 31.9 Å². The van der Waals surface area contributed by atoms with Gasteiger partial charge in [0.1, 0.15) is 11.4 Å². The minimum Gasteiger partial charge on any atom is -0.364 e. The summed E-state index contributed by atoms with van der Waals surface area (Å²) >= 11 is 0. The van der Waals surface area contributed by atoms with Crippen LogP contribution in [0, 0.1) is 5.82 Å². The van der Waals surface area contributed by atoms with Gasteiger partial charge in [-0.1, -0.05) is 0 Å². The first kappa shape index (κ1) is 13.5. The van der Waals surface area contributed by atoms with Crippen molar-refractivity contribution in [3.05, 3.63) is 29.8 Å². The number of fused-ring (bicyclic) bond motifs is 1. The predicted molar refractivity (Wildman–Crippen MR) is 70.0 cm³/mol. The monoisotopic (exact) mass is 279 g/mol. The highest BCUT2D eigenvalue weighted by molar-refractivity contribution is 5.84. The summed E-state index contributed by atoms with van der Waals surface area (Å²) in [6.45, 7) is 5.51. The molecule has 2 fully saturated rings. The van der Waals surface area contributed by atoms with Gasteiger partial charge in [0.2, 0.25) is 0 Å². The zero-order valence-corrected chi connectivity index (χ0v) is 11.7. The smallest absolute Gasteiger partial charge is 0.269 e. The highest BCUT2D eigenvalue weighted by atomic mass is 19.1. The molecule has 0 radical (unpaired) electrons. The van der Waals surface area contributed by atoms with Crippen LogP contribution in [0.2, 0.25) is 0 Å². The molecule has 1 atom stereocenters. The first-order chi connectivity index (χ1) is 9.49. The average molecular weight is 279 g/mol. The summed E-state index contributed by atoms with van der Waals surface area (Å²) in [5.74, 6) is -0.458. The maximum absolute atomic E-state index is 13.4. The molecule has 2 aliphatic rings. The van der Waals surface area contributed by atoms with E-state index in [0.29, 0.717) is 13.2 Å². The molecule has 5 nitrogen and oxygen atoms in total. The van der Waals surface area contributed by atoms with Crippen molar-refractivity contribution in [3.8, 4) is 0 Å². The van der Waals surface area contributed by atoms with Crippen molar-refractivity contribution in [3.63, 3.8) is 0 Å². The molecular formula is C14H18FN3O2. The van der Waals surface area contributed by atoms with Gasteiger partial charge in [-0.2, -0.15) is 0 Å². The molecule has 108 valence electrons. The van der Waals surface area contributed by atoms with E-state index >= 15 is 0 Å². The molecule has 1 aromatic rings. The Morgan fingerprint density at radius 3 is 2.95 bits per heavy atom. The van der Waals surface area contributed by atoms with Crippen LogP contribution >= 0.6 is 0 Å². The maximum Gasteiger partial charge on any atom is 0.269 e. The maximum atomic E-state index is 13.4. The lowest BCUT2D eigenvalue weighted by atomic mass is 10.0. The topological polar surface area (TPSA) is 45.7 Å². The van der Waals surface area contributed by atoms with Crippen LogP contribution in [0.15, 0.2) is 18.5 Å². The van der Waals surface area contributed by atoms with Gasteiger partial charge in [0.05, 0.1) is 18.8 Å². The van der Waals surface area contributed by atoms with E-state index in [2.05, 4.69) is 4.98 Å². The molecule has 0 spiro atoms. The lowest BCUT2D eigenvalue weighted by Gasteiger charge is -2.33. The van der Waals surface area contributed by atoms with Crippen molar-refractivity contribution >= 4 is 5.91 Å². The molecule has 20 heavy (non-hydrogen) atoms. The Kier molecular flexibility index (Phi) is 3.22. The number of hydrazine groups is 1. The Labute approximate surface area is 117 Å². The van der Waals surface area contributed by atoms with Crippen molar-refractivity contribution in [2.75, 3.05) is 19.7 Å². The molecule has 2 saturated heterocycles. The summed E-state index contributed by atoms with van der Waals surface area (Å²) < 4.78 is 19.0. The van der Waals surface area contributed by atoms with Crippen LogP contribution in [0.4, 0.5) is 4.39 Å². The van der Waals surface area contributed by atoms with E-state index in [1.807, 2.05) is 5.01 Å². The van der Waals surface area contributed by atoms with Gasteiger partial charge >= 0.3 is 0 Å². The first-order valence-electron chi connectivity index (χ1n) is 6.82. The molecule has 0 N–H and O–H groups in total. The standard InChI is InChI=1S/C14H18FN3O2/c1-14(2)13(19)18-12(3-4-17(18)5-6-20-14)10-7-11(15)9-16-8-10/h7-9,12H,3-6H2,1-2H3.